The monoisotopic (exact) mass is 337 g/mol. The summed E-state index contributed by atoms with van der Waals surface area (Å²) in [5.41, 5.74) is 3.30. The van der Waals surface area contributed by atoms with Crippen LogP contribution in [0.4, 0.5) is 5.69 Å². The second-order valence-electron chi connectivity index (χ2n) is 7.11. The van der Waals surface area contributed by atoms with Crippen molar-refractivity contribution in [2.75, 3.05) is 11.4 Å². The highest BCUT2D eigenvalue weighted by Gasteiger charge is 2.22. The number of aromatic nitrogens is 1. The number of anilines is 1. The van der Waals surface area contributed by atoms with E-state index in [2.05, 4.69) is 61.4 Å². The number of benzene rings is 1. The van der Waals surface area contributed by atoms with E-state index in [1.165, 1.54) is 5.56 Å². The third kappa shape index (κ3) is 4.07. The maximum atomic E-state index is 11.9. The lowest BCUT2D eigenvalue weighted by atomic mass is 9.97. The molecule has 0 bridgehead atoms. The van der Waals surface area contributed by atoms with Crippen molar-refractivity contribution >= 4 is 11.6 Å². The molecule has 25 heavy (non-hydrogen) atoms. The van der Waals surface area contributed by atoms with Crippen LogP contribution in [0.5, 0.6) is 0 Å². The zero-order valence-electron chi connectivity index (χ0n) is 15.3. The van der Waals surface area contributed by atoms with Crippen molar-refractivity contribution in [3.05, 3.63) is 59.9 Å². The van der Waals surface area contributed by atoms with E-state index in [4.69, 9.17) is 0 Å². The van der Waals surface area contributed by atoms with Crippen LogP contribution < -0.4 is 10.2 Å². The maximum absolute atomic E-state index is 11.9. The molecular formula is C21H27N3O. The molecule has 4 heteroatoms. The lowest BCUT2D eigenvalue weighted by molar-refractivity contribution is -0.117. The summed E-state index contributed by atoms with van der Waals surface area (Å²) in [5, 5.41) is 3.70. The van der Waals surface area contributed by atoms with Gasteiger partial charge in [0.25, 0.3) is 0 Å². The summed E-state index contributed by atoms with van der Waals surface area (Å²) in [6.45, 7) is 7.43. The van der Waals surface area contributed by atoms with E-state index in [0.29, 0.717) is 12.3 Å². The lowest BCUT2D eigenvalue weighted by Crippen LogP contribution is -2.29. The zero-order chi connectivity index (χ0) is 17.8. The number of nitrogens with zero attached hydrogens (tertiary/aromatic N) is 2. The average molecular weight is 337 g/mol. The summed E-state index contributed by atoms with van der Waals surface area (Å²) in [4.78, 5) is 18.3. The molecule has 1 aliphatic rings. The molecule has 132 valence electrons. The largest absolute Gasteiger partial charge is 0.312 e. The van der Waals surface area contributed by atoms with E-state index in [-0.39, 0.29) is 18.0 Å². The molecule has 2 heterocycles. The van der Waals surface area contributed by atoms with Crippen molar-refractivity contribution in [3.63, 3.8) is 0 Å². The Kier molecular flexibility index (Phi) is 5.49. The Bertz CT molecular complexity index is 697. The number of hydrogen-bond acceptors (Lipinski definition) is 3. The first-order valence-electron chi connectivity index (χ1n) is 9.13. The molecule has 1 N–H and O–H groups in total. The molecule has 3 rings (SSSR count). The first-order chi connectivity index (χ1) is 12.1. The third-order valence-corrected chi connectivity index (χ3v) is 4.88. The predicted molar refractivity (Wildman–Crippen MR) is 101 cm³/mol. The number of carbonyl (C=O) groups excluding carboxylic acids is 1. The van der Waals surface area contributed by atoms with Crippen molar-refractivity contribution in [1.29, 1.82) is 0 Å². The molecule has 0 radical (unpaired) electrons. The number of pyridine rings is 1. The second-order valence-corrected chi connectivity index (χ2v) is 7.11. The zero-order valence-corrected chi connectivity index (χ0v) is 15.3. The molecule has 2 atom stereocenters. The number of hydrogen-bond donors (Lipinski definition) is 1. The maximum Gasteiger partial charge on any atom is 0.227 e. The Balaban J connectivity index is 1.71. The molecule has 1 aliphatic heterocycles. The quantitative estimate of drug-likeness (QED) is 0.857. The SMILES string of the molecule is CC(C)[C@@H](N[C@H](C)c1ccc(N2CCCC2=O)cc1)c1ccccn1. The topological polar surface area (TPSA) is 45.2 Å². The fourth-order valence-corrected chi connectivity index (χ4v) is 3.41. The fourth-order valence-electron chi connectivity index (χ4n) is 3.41. The predicted octanol–water partition coefficient (Wildman–Crippen LogP) is 4.26. The summed E-state index contributed by atoms with van der Waals surface area (Å²) in [7, 11) is 0. The fraction of sp³-hybridized carbons (Fsp3) is 0.429. The van der Waals surface area contributed by atoms with Crippen molar-refractivity contribution in [2.45, 2.75) is 45.7 Å². The van der Waals surface area contributed by atoms with Crippen LogP contribution in [0.15, 0.2) is 48.7 Å². The highest BCUT2D eigenvalue weighted by molar-refractivity contribution is 5.95. The Labute approximate surface area is 150 Å². The molecule has 1 amide bonds. The van der Waals surface area contributed by atoms with Gasteiger partial charge in [0, 0.05) is 30.9 Å². The van der Waals surface area contributed by atoms with E-state index in [0.717, 1.165) is 24.3 Å². The van der Waals surface area contributed by atoms with Gasteiger partial charge in [0.05, 0.1) is 11.7 Å². The summed E-state index contributed by atoms with van der Waals surface area (Å²) in [5.74, 6) is 0.674. The van der Waals surface area contributed by atoms with Gasteiger partial charge in [-0.3, -0.25) is 9.78 Å². The molecular weight excluding hydrogens is 310 g/mol. The smallest absolute Gasteiger partial charge is 0.227 e. The van der Waals surface area contributed by atoms with Gasteiger partial charge < -0.3 is 10.2 Å². The normalized spacial score (nSPS) is 17.1. The van der Waals surface area contributed by atoms with Gasteiger partial charge in [-0.25, -0.2) is 0 Å². The van der Waals surface area contributed by atoms with Crippen molar-refractivity contribution in [3.8, 4) is 0 Å². The minimum Gasteiger partial charge on any atom is -0.312 e. The molecule has 1 fully saturated rings. The van der Waals surface area contributed by atoms with Crippen LogP contribution in [-0.2, 0) is 4.79 Å². The van der Waals surface area contributed by atoms with Crippen molar-refractivity contribution in [2.24, 2.45) is 5.92 Å². The Hall–Kier alpha value is -2.20. The van der Waals surface area contributed by atoms with Gasteiger partial charge in [-0.1, -0.05) is 32.0 Å². The Morgan fingerprint density at radius 1 is 1.08 bits per heavy atom. The standard InChI is InChI=1S/C21H27N3O/c1-15(2)21(19-7-4-5-13-22-19)23-16(3)17-9-11-18(12-10-17)24-14-6-8-20(24)25/h4-5,7,9-13,15-16,21,23H,6,8,14H2,1-3H3/t16-,21-/m1/s1. The summed E-state index contributed by atoms with van der Waals surface area (Å²) < 4.78 is 0. The first kappa shape index (κ1) is 17.6. The van der Waals surface area contributed by atoms with Gasteiger partial charge in [0.1, 0.15) is 0 Å². The van der Waals surface area contributed by atoms with Crippen LogP contribution >= 0.6 is 0 Å². The van der Waals surface area contributed by atoms with Crippen LogP contribution in [0.25, 0.3) is 0 Å². The van der Waals surface area contributed by atoms with E-state index in [1.807, 2.05) is 23.2 Å². The molecule has 1 saturated heterocycles. The third-order valence-electron chi connectivity index (χ3n) is 4.88. The molecule has 4 nitrogen and oxygen atoms in total. The lowest BCUT2D eigenvalue weighted by Gasteiger charge is -2.26. The molecule has 0 aliphatic carbocycles. The number of amides is 1. The van der Waals surface area contributed by atoms with E-state index < -0.39 is 0 Å². The van der Waals surface area contributed by atoms with Gasteiger partial charge in [-0.15, -0.1) is 0 Å². The van der Waals surface area contributed by atoms with E-state index in [9.17, 15) is 4.79 Å². The van der Waals surface area contributed by atoms with E-state index in [1.54, 1.807) is 0 Å². The van der Waals surface area contributed by atoms with Crippen LogP contribution in [0.3, 0.4) is 0 Å². The summed E-state index contributed by atoms with van der Waals surface area (Å²) >= 11 is 0. The van der Waals surface area contributed by atoms with Crippen molar-refractivity contribution < 1.29 is 4.79 Å². The number of carbonyl (C=O) groups is 1. The Morgan fingerprint density at radius 3 is 2.40 bits per heavy atom. The summed E-state index contributed by atoms with van der Waals surface area (Å²) in [6, 6.07) is 14.8. The first-order valence-corrected chi connectivity index (χ1v) is 9.13. The van der Waals surface area contributed by atoms with E-state index >= 15 is 0 Å². The van der Waals surface area contributed by atoms with Gasteiger partial charge in [-0.05, 0) is 49.1 Å². The molecule has 0 spiro atoms. The van der Waals surface area contributed by atoms with Crippen molar-refractivity contribution in [1.82, 2.24) is 10.3 Å². The second kappa shape index (κ2) is 7.79. The highest BCUT2D eigenvalue weighted by atomic mass is 16.2. The molecule has 0 saturated carbocycles. The van der Waals surface area contributed by atoms with Crippen LogP contribution in [0, 0.1) is 5.92 Å². The van der Waals surface area contributed by atoms with Crippen LogP contribution in [0.2, 0.25) is 0 Å². The summed E-state index contributed by atoms with van der Waals surface area (Å²) in [6.07, 6.45) is 3.47. The van der Waals surface area contributed by atoms with Gasteiger partial charge in [0.2, 0.25) is 5.91 Å². The number of rotatable bonds is 6. The molecule has 2 aromatic rings. The van der Waals surface area contributed by atoms with Gasteiger partial charge in [0.15, 0.2) is 0 Å². The van der Waals surface area contributed by atoms with Crippen LogP contribution in [0.1, 0.15) is 57.0 Å². The highest BCUT2D eigenvalue weighted by Crippen LogP contribution is 2.27. The van der Waals surface area contributed by atoms with Gasteiger partial charge >= 0.3 is 0 Å². The molecule has 1 aromatic heterocycles. The number of nitrogens with one attached hydrogen (secondary N) is 1. The molecule has 1 aromatic carbocycles. The minimum absolute atomic E-state index is 0.205. The molecule has 0 unspecified atom stereocenters. The Morgan fingerprint density at radius 2 is 1.84 bits per heavy atom. The van der Waals surface area contributed by atoms with Crippen LogP contribution in [-0.4, -0.2) is 17.4 Å². The minimum atomic E-state index is 0.205. The average Bonchev–Trinajstić information content (AvgIpc) is 3.06. The van der Waals surface area contributed by atoms with Gasteiger partial charge in [-0.2, -0.15) is 0 Å².